The zero-order chi connectivity index (χ0) is 9.84. The zero-order valence-corrected chi connectivity index (χ0v) is 6.67. The lowest BCUT2D eigenvalue weighted by molar-refractivity contribution is 0.151. The highest BCUT2D eigenvalue weighted by molar-refractivity contribution is 5.36. The van der Waals surface area contributed by atoms with Crippen molar-refractivity contribution in [2.24, 2.45) is 5.73 Å². The maximum atomic E-state index is 12.1. The molecule has 0 aromatic carbocycles. The van der Waals surface area contributed by atoms with Gasteiger partial charge in [0.25, 0.3) is 6.43 Å². The first-order valence-electron chi connectivity index (χ1n) is 3.56. The zero-order valence-electron chi connectivity index (χ0n) is 6.67. The summed E-state index contributed by atoms with van der Waals surface area (Å²) < 4.78 is 24.3. The minimum atomic E-state index is -2.61. The summed E-state index contributed by atoms with van der Waals surface area (Å²) in [4.78, 5) is 3.66. The molecule has 68 valence electrons. The summed E-state index contributed by atoms with van der Waals surface area (Å²) in [7, 11) is 0. The molecule has 0 saturated carbocycles. The van der Waals surface area contributed by atoms with Gasteiger partial charge in [-0.2, -0.15) is 5.26 Å². The number of aromatic nitrogens is 1. The normalized spacial score (nSPS) is 10.1. The molecule has 5 heteroatoms. The molecule has 1 aromatic rings. The van der Waals surface area contributed by atoms with Gasteiger partial charge in [0.1, 0.15) is 6.07 Å². The third-order valence-electron chi connectivity index (χ3n) is 1.56. The second kappa shape index (κ2) is 3.92. The maximum absolute atomic E-state index is 12.1. The van der Waals surface area contributed by atoms with Crippen molar-refractivity contribution < 1.29 is 8.78 Å². The Kier molecular flexibility index (Phi) is 2.88. The van der Waals surface area contributed by atoms with Gasteiger partial charge >= 0.3 is 0 Å². The summed E-state index contributed by atoms with van der Waals surface area (Å²) >= 11 is 0. The van der Waals surface area contributed by atoms with Crippen molar-refractivity contribution >= 4 is 0 Å². The van der Waals surface area contributed by atoms with Crippen molar-refractivity contribution in [3.05, 3.63) is 29.1 Å². The van der Waals surface area contributed by atoms with Gasteiger partial charge in [-0.3, -0.25) is 4.98 Å². The molecule has 2 N–H and O–H groups in total. The second-order valence-corrected chi connectivity index (χ2v) is 2.38. The lowest BCUT2D eigenvalue weighted by atomic mass is 10.1. The molecule has 0 fully saturated rings. The maximum Gasteiger partial charge on any atom is 0.265 e. The molecule has 0 unspecified atom stereocenters. The first-order chi connectivity index (χ1) is 6.19. The second-order valence-electron chi connectivity index (χ2n) is 2.38. The third kappa shape index (κ3) is 1.98. The number of pyridine rings is 1. The molecule has 1 heterocycles. The Morgan fingerprint density at radius 1 is 1.62 bits per heavy atom. The Labute approximate surface area is 73.8 Å². The van der Waals surface area contributed by atoms with Gasteiger partial charge < -0.3 is 5.73 Å². The van der Waals surface area contributed by atoms with Crippen LogP contribution in [0.5, 0.6) is 0 Å². The first kappa shape index (κ1) is 9.55. The minimum absolute atomic E-state index is 0.0758. The fourth-order valence-corrected chi connectivity index (χ4v) is 0.888. The van der Waals surface area contributed by atoms with Crippen LogP contribution in [-0.2, 0) is 6.54 Å². The van der Waals surface area contributed by atoms with Gasteiger partial charge in [-0.15, -0.1) is 0 Å². The van der Waals surface area contributed by atoms with Crippen molar-refractivity contribution in [3.63, 3.8) is 0 Å². The fourth-order valence-electron chi connectivity index (χ4n) is 0.888. The quantitative estimate of drug-likeness (QED) is 0.752. The van der Waals surface area contributed by atoms with Gasteiger partial charge in [0, 0.05) is 18.3 Å². The molecule has 1 aromatic heterocycles. The average Bonchev–Trinajstić information content (AvgIpc) is 2.16. The van der Waals surface area contributed by atoms with Gasteiger partial charge in [0.15, 0.2) is 0 Å². The average molecular weight is 183 g/mol. The molecule has 0 radical (unpaired) electrons. The number of nitrogens with zero attached hydrogens (tertiary/aromatic N) is 2. The van der Waals surface area contributed by atoms with E-state index < -0.39 is 6.43 Å². The number of hydrogen-bond donors (Lipinski definition) is 1. The van der Waals surface area contributed by atoms with E-state index >= 15 is 0 Å². The summed E-state index contributed by atoms with van der Waals surface area (Å²) in [5.74, 6) is 0. The van der Waals surface area contributed by atoms with Crippen molar-refractivity contribution in [1.29, 1.82) is 5.26 Å². The van der Waals surface area contributed by atoms with Crippen molar-refractivity contribution in [2.45, 2.75) is 13.0 Å². The van der Waals surface area contributed by atoms with Crippen LogP contribution < -0.4 is 5.73 Å². The van der Waals surface area contributed by atoms with Crippen molar-refractivity contribution in [2.75, 3.05) is 0 Å². The van der Waals surface area contributed by atoms with E-state index in [9.17, 15) is 8.78 Å². The summed E-state index contributed by atoms with van der Waals surface area (Å²) in [6, 6.07) is 2.88. The third-order valence-corrected chi connectivity index (χ3v) is 1.56. The van der Waals surface area contributed by atoms with Crippen LogP contribution in [-0.4, -0.2) is 4.98 Å². The van der Waals surface area contributed by atoms with Gasteiger partial charge in [-0.05, 0) is 6.07 Å². The van der Waals surface area contributed by atoms with E-state index in [1.807, 2.05) is 0 Å². The molecule has 0 atom stereocenters. The van der Waals surface area contributed by atoms with E-state index in [0.29, 0.717) is 5.69 Å². The van der Waals surface area contributed by atoms with Crippen molar-refractivity contribution in [3.8, 4) is 6.07 Å². The Morgan fingerprint density at radius 2 is 2.31 bits per heavy atom. The molecule has 13 heavy (non-hydrogen) atoms. The lowest BCUT2D eigenvalue weighted by Crippen LogP contribution is -2.03. The molecule has 0 aliphatic rings. The van der Waals surface area contributed by atoms with Crippen LogP contribution in [0, 0.1) is 11.3 Å². The smallest absolute Gasteiger partial charge is 0.265 e. The summed E-state index contributed by atoms with van der Waals surface area (Å²) in [5.41, 5.74) is 5.45. The standard InChI is InChI=1S/C8H7F2N3/c9-8(10)6-1-5(2-11)7(3-12)13-4-6/h1,4,8H,3,12H2. The summed E-state index contributed by atoms with van der Waals surface area (Å²) in [5, 5.41) is 8.57. The number of halogens is 2. The molecule has 0 aliphatic heterocycles. The molecule has 0 saturated heterocycles. The molecular weight excluding hydrogens is 176 g/mol. The molecule has 1 rings (SSSR count). The molecule has 0 aliphatic carbocycles. The predicted octanol–water partition coefficient (Wildman–Crippen LogP) is 1.35. The number of hydrogen-bond acceptors (Lipinski definition) is 3. The SMILES string of the molecule is N#Cc1cc(C(F)F)cnc1CN. The monoisotopic (exact) mass is 183 g/mol. The predicted molar refractivity (Wildman–Crippen MR) is 41.8 cm³/mol. The van der Waals surface area contributed by atoms with Crippen LogP contribution in [0.3, 0.4) is 0 Å². The Balaban J connectivity index is 3.15. The van der Waals surface area contributed by atoms with Crippen LogP contribution >= 0.6 is 0 Å². The number of nitrogens with two attached hydrogens (primary N) is 1. The number of nitriles is 1. The largest absolute Gasteiger partial charge is 0.325 e. The molecule has 0 bridgehead atoms. The van der Waals surface area contributed by atoms with Gasteiger partial charge in [0.05, 0.1) is 11.3 Å². The van der Waals surface area contributed by atoms with E-state index in [0.717, 1.165) is 12.3 Å². The van der Waals surface area contributed by atoms with E-state index in [-0.39, 0.29) is 17.7 Å². The van der Waals surface area contributed by atoms with Crippen LogP contribution in [0.25, 0.3) is 0 Å². The van der Waals surface area contributed by atoms with Crippen LogP contribution in [0.1, 0.15) is 23.2 Å². The van der Waals surface area contributed by atoms with E-state index in [1.54, 1.807) is 6.07 Å². The minimum Gasteiger partial charge on any atom is -0.325 e. The van der Waals surface area contributed by atoms with Gasteiger partial charge in [-0.1, -0.05) is 0 Å². The van der Waals surface area contributed by atoms with Crippen LogP contribution in [0.15, 0.2) is 12.3 Å². The first-order valence-corrected chi connectivity index (χ1v) is 3.56. The topological polar surface area (TPSA) is 62.7 Å². The highest BCUT2D eigenvalue weighted by atomic mass is 19.3. The Bertz CT molecular complexity index is 344. The van der Waals surface area contributed by atoms with Crippen LogP contribution in [0.2, 0.25) is 0 Å². The van der Waals surface area contributed by atoms with E-state index in [2.05, 4.69) is 4.98 Å². The molecule has 0 spiro atoms. The summed E-state index contributed by atoms with van der Waals surface area (Å²) in [6.07, 6.45) is -1.57. The lowest BCUT2D eigenvalue weighted by Gasteiger charge is -2.02. The highest BCUT2D eigenvalue weighted by Gasteiger charge is 2.10. The Morgan fingerprint density at radius 3 is 2.77 bits per heavy atom. The van der Waals surface area contributed by atoms with E-state index in [4.69, 9.17) is 11.0 Å². The van der Waals surface area contributed by atoms with Gasteiger partial charge in [-0.25, -0.2) is 8.78 Å². The number of alkyl halides is 2. The highest BCUT2D eigenvalue weighted by Crippen LogP contribution is 2.19. The molecular formula is C8H7F2N3. The van der Waals surface area contributed by atoms with Crippen molar-refractivity contribution in [1.82, 2.24) is 4.98 Å². The Hall–Kier alpha value is -1.54. The van der Waals surface area contributed by atoms with Crippen LogP contribution in [0.4, 0.5) is 8.78 Å². The molecule has 0 amide bonds. The van der Waals surface area contributed by atoms with Gasteiger partial charge in [0.2, 0.25) is 0 Å². The van der Waals surface area contributed by atoms with E-state index in [1.165, 1.54) is 0 Å². The molecule has 3 nitrogen and oxygen atoms in total. The fraction of sp³-hybridized carbons (Fsp3) is 0.250. The summed E-state index contributed by atoms with van der Waals surface area (Å²) in [6.45, 7) is 0.0758. The number of rotatable bonds is 2.